The molecule has 0 atom stereocenters. The van der Waals surface area contributed by atoms with Gasteiger partial charge in [-0.05, 0) is 12.1 Å². The Balaban J connectivity index is 1.57. The van der Waals surface area contributed by atoms with Crippen molar-refractivity contribution in [3.63, 3.8) is 0 Å². The van der Waals surface area contributed by atoms with E-state index in [-0.39, 0.29) is 23.4 Å². The molecule has 0 spiro atoms. The average Bonchev–Trinajstić information content (AvgIpc) is 2.61. The summed E-state index contributed by atoms with van der Waals surface area (Å²) in [6.45, 7) is 0.711. The Morgan fingerprint density at radius 1 is 1.16 bits per heavy atom. The molecule has 8 nitrogen and oxygen atoms in total. The van der Waals surface area contributed by atoms with Crippen molar-refractivity contribution in [3.05, 3.63) is 42.5 Å². The summed E-state index contributed by atoms with van der Waals surface area (Å²) in [4.78, 5) is 33.9. The lowest BCUT2D eigenvalue weighted by atomic mass is 9.98. The smallest absolute Gasteiger partial charge is 0.274 e. The molecule has 1 saturated heterocycles. The summed E-state index contributed by atoms with van der Waals surface area (Å²) in [7, 11) is 3.08. The Morgan fingerprint density at radius 3 is 2.56 bits per heavy atom. The number of aromatic nitrogens is 2. The number of hydrogen-bond acceptors (Lipinski definition) is 6. The van der Waals surface area contributed by atoms with Gasteiger partial charge in [-0.15, -0.1) is 0 Å². The van der Waals surface area contributed by atoms with E-state index in [0.717, 1.165) is 0 Å². The molecule has 0 radical (unpaired) electrons. The molecule has 1 N–H and O–H groups in total. The molecule has 2 heterocycles. The summed E-state index contributed by atoms with van der Waals surface area (Å²) in [5.41, 5.74) is 0.891. The Labute approximate surface area is 144 Å². The van der Waals surface area contributed by atoms with Gasteiger partial charge in [-0.2, -0.15) is 0 Å². The molecule has 0 unspecified atom stereocenters. The molecule has 1 aromatic heterocycles. The number of anilines is 1. The van der Waals surface area contributed by atoms with Crippen molar-refractivity contribution < 1.29 is 19.1 Å². The van der Waals surface area contributed by atoms with Gasteiger partial charge in [0, 0.05) is 37.2 Å². The van der Waals surface area contributed by atoms with Crippen LogP contribution in [0.3, 0.4) is 0 Å². The molecule has 8 heteroatoms. The lowest BCUT2D eigenvalue weighted by Gasteiger charge is -2.37. The van der Waals surface area contributed by atoms with Crippen molar-refractivity contribution in [3.8, 4) is 11.5 Å². The lowest BCUT2D eigenvalue weighted by molar-refractivity contribution is -0.123. The first kappa shape index (κ1) is 16.7. The molecule has 130 valence electrons. The molecule has 25 heavy (non-hydrogen) atoms. The summed E-state index contributed by atoms with van der Waals surface area (Å²) in [6.07, 6.45) is 4.39. The van der Waals surface area contributed by atoms with Crippen LogP contribution in [0.4, 0.5) is 5.69 Å². The van der Waals surface area contributed by atoms with Crippen molar-refractivity contribution in [2.45, 2.75) is 0 Å². The minimum absolute atomic E-state index is 0.143. The van der Waals surface area contributed by atoms with E-state index in [1.54, 1.807) is 30.2 Å². The quantitative estimate of drug-likeness (QED) is 0.878. The topological polar surface area (TPSA) is 93.7 Å². The number of nitrogens with one attached hydrogen (secondary N) is 1. The molecular weight excluding hydrogens is 324 g/mol. The molecule has 1 aromatic carbocycles. The normalized spacial score (nSPS) is 13.8. The Bertz CT molecular complexity index is 775. The highest BCUT2D eigenvalue weighted by Crippen LogP contribution is 2.30. The number of carbonyl (C=O) groups is 2. The van der Waals surface area contributed by atoms with E-state index in [1.165, 1.54) is 25.7 Å². The third-order valence-corrected chi connectivity index (χ3v) is 3.97. The first-order chi connectivity index (χ1) is 12.1. The first-order valence-corrected chi connectivity index (χ1v) is 7.70. The van der Waals surface area contributed by atoms with Crippen LogP contribution in [0.1, 0.15) is 10.5 Å². The highest BCUT2D eigenvalue weighted by Gasteiger charge is 2.36. The van der Waals surface area contributed by atoms with Crippen LogP contribution in [0.15, 0.2) is 36.8 Å². The third-order valence-electron chi connectivity index (χ3n) is 3.97. The van der Waals surface area contributed by atoms with Gasteiger partial charge in [-0.3, -0.25) is 14.6 Å². The van der Waals surface area contributed by atoms with Crippen molar-refractivity contribution in [2.75, 3.05) is 32.6 Å². The van der Waals surface area contributed by atoms with Crippen LogP contribution in [-0.2, 0) is 4.79 Å². The van der Waals surface area contributed by atoms with Crippen LogP contribution in [0.2, 0.25) is 0 Å². The van der Waals surface area contributed by atoms with Crippen molar-refractivity contribution >= 4 is 17.5 Å². The van der Waals surface area contributed by atoms with Gasteiger partial charge in [0.05, 0.1) is 26.3 Å². The zero-order valence-corrected chi connectivity index (χ0v) is 13.9. The lowest BCUT2D eigenvalue weighted by Crippen LogP contribution is -2.54. The minimum atomic E-state index is -0.256. The minimum Gasteiger partial charge on any atom is -0.493 e. The zero-order valence-electron chi connectivity index (χ0n) is 13.9. The van der Waals surface area contributed by atoms with E-state index in [2.05, 4.69) is 15.3 Å². The second-order valence-electron chi connectivity index (χ2n) is 5.56. The second-order valence-corrected chi connectivity index (χ2v) is 5.56. The number of benzene rings is 1. The molecule has 1 fully saturated rings. The van der Waals surface area contributed by atoms with E-state index in [0.29, 0.717) is 30.3 Å². The monoisotopic (exact) mass is 342 g/mol. The fraction of sp³-hybridized carbons (Fsp3) is 0.294. The predicted octanol–water partition coefficient (Wildman–Crippen LogP) is 1.20. The van der Waals surface area contributed by atoms with Gasteiger partial charge in [0.2, 0.25) is 5.91 Å². The molecule has 0 aliphatic carbocycles. The standard InChI is InChI=1S/C17H18N4O4/c1-24-14-4-3-12(7-15(14)25-2)20-16(22)11-9-21(10-11)17(23)13-8-18-5-6-19-13/h3-8,11H,9-10H2,1-2H3,(H,20,22). The number of methoxy groups -OCH3 is 2. The Kier molecular flexibility index (Phi) is 4.78. The van der Waals surface area contributed by atoms with E-state index < -0.39 is 0 Å². The van der Waals surface area contributed by atoms with E-state index in [1.807, 2.05) is 0 Å². The van der Waals surface area contributed by atoms with Gasteiger partial charge in [-0.1, -0.05) is 0 Å². The number of hydrogen-bond donors (Lipinski definition) is 1. The van der Waals surface area contributed by atoms with Gasteiger partial charge in [0.15, 0.2) is 11.5 Å². The number of nitrogens with zero attached hydrogens (tertiary/aromatic N) is 3. The van der Waals surface area contributed by atoms with Crippen molar-refractivity contribution in [2.24, 2.45) is 5.92 Å². The summed E-state index contributed by atoms with van der Waals surface area (Å²) in [6, 6.07) is 5.15. The first-order valence-electron chi connectivity index (χ1n) is 7.70. The molecule has 3 rings (SSSR count). The summed E-state index contributed by atoms with van der Waals surface area (Å²) < 4.78 is 10.4. The SMILES string of the molecule is COc1ccc(NC(=O)C2CN(C(=O)c3cnccn3)C2)cc1OC. The average molecular weight is 342 g/mol. The highest BCUT2D eigenvalue weighted by molar-refractivity contribution is 5.97. The number of carbonyl (C=O) groups excluding carboxylic acids is 2. The largest absolute Gasteiger partial charge is 0.493 e. The molecule has 0 saturated carbocycles. The van der Waals surface area contributed by atoms with Gasteiger partial charge in [0.1, 0.15) is 5.69 Å². The van der Waals surface area contributed by atoms with Crippen LogP contribution in [-0.4, -0.2) is 54.0 Å². The number of rotatable bonds is 5. The molecule has 2 amide bonds. The van der Waals surface area contributed by atoms with E-state index in [9.17, 15) is 9.59 Å². The Morgan fingerprint density at radius 2 is 1.92 bits per heavy atom. The molecular formula is C17H18N4O4. The van der Waals surface area contributed by atoms with Crippen LogP contribution < -0.4 is 14.8 Å². The van der Waals surface area contributed by atoms with E-state index in [4.69, 9.17) is 9.47 Å². The van der Waals surface area contributed by atoms with E-state index >= 15 is 0 Å². The zero-order chi connectivity index (χ0) is 17.8. The maximum absolute atomic E-state index is 12.3. The maximum Gasteiger partial charge on any atom is 0.274 e. The summed E-state index contributed by atoms with van der Waals surface area (Å²) in [5, 5.41) is 2.83. The van der Waals surface area contributed by atoms with Gasteiger partial charge in [0.25, 0.3) is 5.91 Å². The second kappa shape index (κ2) is 7.16. The molecule has 1 aliphatic heterocycles. The van der Waals surface area contributed by atoms with Crippen molar-refractivity contribution in [1.82, 2.24) is 14.9 Å². The predicted molar refractivity (Wildman–Crippen MR) is 89.6 cm³/mol. The van der Waals surface area contributed by atoms with Gasteiger partial charge in [-0.25, -0.2) is 4.98 Å². The van der Waals surface area contributed by atoms with Crippen LogP contribution in [0.5, 0.6) is 11.5 Å². The number of ether oxygens (including phenoxy) is 2. The van der Waals surface area contributed by atoms with Gasteiger partial charge < -0.3 is 19.7 Å². The maximum atomic E-state index is 12.3. The van der Waals surface area contributed by atoms with Crippen molar-refractivity contribution in [1.29, 1.82) is 0 Å². The third kappa shape index (κ3) is 3.52. The molecule has 2 aromatic rings. The fourth-order valence-electron chi connectivity index (χ4n) is 2.54. The molecule has 0 bridgehead atoms. The Hall–Kier alpha value is -3.16. The van der Waals surface area contributed by atoms with Gasteiger partial charge >= 0.3 is 0 Å². The number of amides is 2. The highest BCUT2D eigenvalue weighted by atomic mass is 16.5. The van der Waals surface area contributed by atoms with Crippen LogP contribution in [0, 0.1) is 5.92 Å². The van der Waals surface area contributed by atoms with Crippen LogP contribution in [0.25, 0.3) is 0 Å². The molecule has 1 aliphatic rings. The summed E-state index contributed by atoms with van der Waals surface area (Å²) >= 11 is 0. The fourth-order valence-corrected chi connectivity index (χ4v) is 2.54. The summed E-state index contributed by atoms with van der Waals surface area (Å²) in [5.74, 6) is 0.505. The number of likely N-dealkylation sites (tertiary alicyclic amines) is 1. The van der Waals surface area contributed by atoms with Crippen LogP contribution >= 0.6 is 0 Å².